The van der Waals surface area contributed by atoms with E-state index in [1.54, 1.807) is 5.57 Å². The molecule has 21 heavy (non-hydrogen) atoms. The molecule has 0 radical (unpaired) electrons. The van der Waals surface area contributed by atoms with Crippen molar-refractivity contribution in [3.05, 3.63) is 24.3 Å². The van der Waals surface area contributed by atoms with Gasteiger partial charge in [-0.25, -0.2) is 0 Å². The first-order chi connectivity index (χ1) is 9.70. The van der Waals surface area contributed by atoms with Crippen LogP contribution >= 0.6 is 0 Å². The lowest BCUT2D eigenvalue weighted by molar-refractivity contribution is -0.108. The third-order valence-electron chi connectivity index (χ3n) is 7.09. The van der Waals surface area contributed by atoms with E-state index >= 15 is 0 Å². The minimum absolute atomic E-state index is 0.117. The minimum atomic E-state index is -0.117. The Kier molecular flexibility index (Phi) is 3.44. The van der Waals surface area contributed by atoms with Gasteiger partial charge in [0.2, 0.25) is 0 Å². The maximum absolute atomic E-state index is 10.5. The van der Waals surface area contributed by atoms with Gasteiger partial charge in [0.25, 0.3) is 0 Å². The van der Waals surface area contributed by atoms with Crippen LogP contribution in [0.1, 0.15) is 66.2 Å². The molecule has 3 aliphatic rings. The molecule has 5 atom stereocenters. The van der Waals surface area contributed by atoms with Crippen molar-refractivity contribution in [1.82, 2.24) is 0 Å². The van der Waals surface area contributed by atoms with Gasteiger partial charge in [0.05, 0.1) is 6.10 Å². The zero-order valence-corrected chi connectivity index (χ0v) is 14.3. The highest BCUT2D eigenvalue weighted by Crippen LogP contribution is 2.63. The van der Waals surface area contributed by atoms with Crippen LogP contribution in [-0.4, -0.2) is 11.2 Å². The summed E-state index contributed by atoms with van der Waals surface area (Å²) in [7, 11) is 0. The number of aliphatic hydroxyl groups excluding tert-OH is 1. The fourth-order valence-electron chi connectivity index (χ4n) is 6.18. The number of rotatable bonds is 1. The first-order valence-corrected chi connectivity index (χ1v) is 8.73. The summed E-state index contributed by atoms with van der Waals surface area (Å²) in [5.74, 6) is 1.43. The number of fused-ring (bicyclic) bond motifs is 3. The van der Waals surface area contributed by atoms with E-state index in [0.717, 1.165) is 18.8 Å². The molecular formula is C20H32O. The van der Waals surface area contributed by atoms with E-state index in [1.165, 1.54) is 25.7 Å². The van der Waals surface area contributed by atoms with Crippen molar-refractivity contribution in [3.63, 3.8) is 0 Å². The number of allylic oxidation sites excluding steroid dienone is 3. The molecule has 3 rings (SSSR count). The molecule has 0 spiro atoms. The Morgan fingerprint density at radius 2 is 1.90 bits per heavy atom. The zero-order valence-electron chi connectivity index (χ0n) is 14.3. The Labute approximate surface area is 130 Å². The Balaban J connectivity index is 1.99. The number of hydrogen-bond acceptors (Lipinski definition) is 1. The first-order valence-electron chi connectivity index (χ1n) is 8.73. The van der Waals surface area contributed by atoms with E-state index in [1.807, 2.05) is 0 Å². The van der Waals surface area contributed by atoms with Gasteiger partial charge in [-0.2, -0.15) is 0 Å². The highest BCUT2D eigenvalue weighted by atomic mass is 16.3. The predicted molar refractivity (Wildman–Crippen MR) is 89.0 cm³/mol. The molecule has 0 aliphatic heterocycles. The van der Waals surface area contributed by atoms with Crippen LogP contribution in [0, 0.1) is 28.1 Å². The standard InChI is InChI=1S/C20H32O/c1-6-19(4)10-9-16-14(11-19)7-8-17-18(2,3)12-15(21)13-20(16,17)5/h6,11,15-17,21H,1,7-10,12-13H2,2-5H3/t15-,16?,17?,19-,20-/m0/s1. The molecule has 0 amide bonds. The molecule has 0 aromatic heterocycles. The Hall–Kier alpha value is -0.560. The molecule has 1 heteroatoms. The van der Waals surface area contributed by atoms with E-state index in [-0.39, 0.29) is 22.3 Å². The van der Waals surface area contributed by atoms with E-state index in [0.29, 0.717) is 5.92 Å². The SMILES string of the molecule is C=C[C@]1(C)C=C2CCC3C(C)(C)C[C@H](O)C[C@@]3(C)C2CC1. The molecule has 2 unspecified atom stereocenters. The van der Waals surface area contributed by atoms with Crippen molar-refractivity contribution in [2.75, 3.05) is 0 Å². The zero-order chi connectivity index (χ0) is 15.5. The van der Waals surface area contributed by atoms with Crippen molar-refractivity contribution in [3.8, 4) is 0 Å². The third kappa shape index (κ3) is 2.32. The summed E-state index contributed by atoms with van der Waals surface area (Å²) in [6.07, 6.45) is 11.5. The Bertz CT molecular complexity index is 474. The van der Waals surface area contributed by atoms with Crippen molar-refractivity contribution in [2.45, 2.75) is 72.3 Å². The lowest BCUT2D eigenvalue weighted by atomic mass is 9.45. The summed E-state index contributed by atoms with van der Waals surface area (Å²) in [4.78, 5) is 0. The molecule has 0 saturated heterocycles. The van der Waals surface area contributed by atoms with Crippen LogP contribution in [-0.2, 0) is 0 Å². The molecule has 0 aromatic rings. The second-order valence-corrected chi connectivity index (χ2v) is 9.17. The summed E-state index contributed by atoms with van der Waals surface area (Å²) < 4.78 is 0. The summed E-state index contributed by atoms with van der Waals surface area (Å²) in [6, 6.07) is 0. The van der Waals surface area contributed by atoms with Crippen molar-refractivity contribution < 1.29 is 5.11 Å². The van der Waals surface area contributed by atoms with E-state index in [2.05, 4.69) is 46.4 Å². The van der Waals surface area contributed by atoms with Gasteiger partial charge in [0, 0.05) is 5.41 Å². The molecule has 0 heterocycles. The normalized spacial score (nSPS) is 48.8. The van der Waals surface area contributed by atoms with Crippen molar-refractivity contribution >= 4 is 0 Å². The van der Waals surface area contributed by atoms with E-state index < -0.39 is 0 Å². The molecule has 1 nitrogen and oxygen atoms in total. The Morgan fingerprint density at radius 1 is 1.19 bits per heavy atom. The highest BCUT2D eigenvalue weighted by Gasteiger charge is 2.56. The van der Waals surface area contributed by atoms with E-state index in [4.69, 9.17) is 0 Å². The Morgan fingerprint density at radius 3 is 2.57 bits per heavy atom. The van der Waals surface area contributed by atoms with Gasteiger partial charge < -0.3 is 5.11 Å². The van der Waals surface area contributed by atoms with Crippen LogP contribution in [0.5, 0.6) is 0 Å². The average Bonchev–Trinajstić information content (AvgIpc) is 2.36. The van der Waals surface area contributed by atoms with Gasteiger partial charge >= 0.3 is 0 Å². The molecular weight excluding hydrogens is 256 g/mol. The minimum Gasteiger partial charge on any atom is -0.393 e. The summed E-state index contributed by atoms with van der Waals surface area (Å²) in [5.41, 5.74) is 2.41. The lowest BCUT2D eigenvalue weighted by Gasteiger charge is -2.60. The van der Waals surface area contributed by atoms with Gasteiger partial charge in [-0.3, -0.25) is 0 Å². The highest BCUT2D eigenvalue weighted by molar-refractivity contribution is 5.26. The third-order valence-corrected chi connectivity index (χ3v) is 7.09. The van der Waals surface area contributed by atoms with Gasteiger partial charge in [-0.1, -0.05) is 45.4 Å². The van der Waals surface area contributed by atoms with Crippen LogP contribution in [0.3, 0.4) is 0 Å². The maximum atomic E-state index is 10.5. The molecule has 2 saturated carbocycles. The lowest BCUT2D eigenvalue weighted by Crippen LogP contribution is -2.54. The van der Waals surface area contributed by atoms with E-state index in [9.17, 15) is 5.11 Å². The fraction of sp³-hybridized carbons (Fsp3) is 0.800. The molecule has 1 N–H and O–H groups in total. The molecule has 3 aliphatic carbocycles. The first kappa shape index (κ1) is 15.3. The molecule has 118 valence electrons. The predicted octanol–water partition coefficient (Wildman–Crippen LogP) is 5.11. The molecule has 0 aromatic carbocycles. The summed E-state index contributed by atoms with van der Waals surface area (Å²) >= 11 is 0. The largest absolute Gasteiger partial charge is 0.393 e. The fourth-order valence-corrected chi connectivity index (χ4v) is 6.18. The van der Waals surface area contributed by atoms with Gasteiger partial charge in [0.1, 0.15) is 0 Å². The number of aliphatic hydroxyl groups is 1. The molecule has 2 fully saturated rings. The topological polar surface area (TPSA) is 20.2 Å². The second-order valence-electron chi connectivity index (χ2n) is 9.17. The smallest absolute Gasteiger partial charge is 0.0551 e. The van der Waals surface area contributed by atoms with Crippen molar-refractivity contribution in [2.24, 2.45) is 28.1 Å². The average molecular weight is 288 g/mol. The summed E-state index contributed by atoms with van der Waals surface area (Å²) in [5, 5.41) is 10.5. The van der Waals surface area contributed by atoms with Crippen molar-refractivity contribution in [1.29, 1.82) is 0 Å². The molecule has 0 bridgehead atoms. The quantitative estimate of drug-likeness (QED) is 0.665. The van der Waals surface area contributed by atoms with Crippen LogP contribution in [0.25, 0.3) is 0 Å². The van der Waals surface area contributed by atoms with Crippen LogP contribution in [0.15, 0.2) is 24.3 Å². The van der Waals surface area contributed by atoms with Gasteiger partial charge in [-0.05, 0) is 61.2 Å². The van der Waals surface area contributed by atoms with Crippen LogP contribution in [0.4, 0.5) is 0 Å². The maximum Gasteiger partial charge on any atom is 0.0551 e. The van der Waals surface area contributed by atoms with Gasteiger partial charge in [0.15, 0.2) is 0 Å². The van der Waals surface area contributed by atoms with Crippen LogP contribution < -0.4 is 0 Å². The second kappa shape index (κ2) is 4.72. The number of hydrogen-bond donors (Lipinski definition) is 1. The van der Waals surface area contributed by atoms with Crippen LogP contribution in [0.2, 0.25) is 0 Å². The van der Waals surface area contributed by atoms with Gasteiger partial charge in [-0.15, -0.1) is 6.58 Å². The monoisotopic (exact) mass is 288 g/mol. The summed E-state index contributed by atoms with van der Waals surface area (Å²) in [6.45, 7) is 13.6.